The van der Waals surface area contributed by atoms with Gasteiger partial charge in [-0.1, -0.05) is 25.1 Å². The van der Waals surface area contributed by atoms with Crippen LogP contribution in [0.5, 0.6) is 5.75 Å². The summed E-state index contributed by atoms with van der Waals surface area (Å²) >= 11 is 0. The van der Waals surface area contributed by atoms with Gasteiger partial charge in [0.1, 0.15) is 5.75 Å². The minimum absolute atomic E-state index is 0.120. The van der Waals surface area contributed by atoms with Crippen molar-refractivity contribution in [3.8, 4) is 5.75 Å². The minimum atomic E-state index is 0.120. The molecule has 1 heterocycles. The lowest BCUT2D eigenvalue weighted by atomic mass is 9.88. The summed E-state index contributed by atoms with van der Waals surface area (Å²) in [5.74, 6) is 2.25. The van der Waals surface area contributed by atoms with Crippen molar-refractivity contribution in [1.29, 1.82) is 0 Å². The van der Waals surface area contributed by atoms with E-state index < -0.39 is 0 Å². The predicted octanol–water partition coefficient (Wildman–Crippen LogP) is 3.11. The molecule has 1 aliphatic rings. The topological polar surface area (TPSA) is 74.2 Å². The van der Waals surface area contributed by atoms with E-state index in [2.05, 4.69) is 16.2 Å². The van der Waals surface area contributed by atoms with Gasteiger partial charge < -0.3 is 15.0 Å². The molecule has 1 aromatic carbocycles. The van der Waals surface area contributed by atoms with Crippen LogP contribution in [0.4, 0.5) is 0 Å². The van der Waals surface area contributed by atoms with Crippen LogP contribution in [0, 0.1) is 0 Å². The molecule has 0 spiro atoms. The molecule has 3 rings (SSSR count). The Kier molecular flexibility index (Phi) is 3.92. The van der Waals surface area contributed by atoms with Gasteiger partial charge >= 0.3 is 0 Å². The van der Waals surface area contributed by atoms with Crippen LogP contribution in [0.15, 0.2) is 22.7 Å². The molecular weight excluding hydrogens is 266 g/mol. The first-order valence-electron chi connectivity index (χ1n) is 7.47. The van der Waals surface area contributed by atoms with Crippen LogP contribution < -0.4 is 10.5 Å². The number of benzene rings is 1. The van der Waals surface area contributed by atoms with Crippen molar-refractivity contribution < 1.29 is 9.26 Å². The fraction of sp³-hybridized carbons (Fsp3) is 0.500. The summed E-state index contributed by atoms with van der Waals surface area (Å²) in [5, 5.41) is 3.92. The average Bonchev–Trinajstić information content (AvgIpc) is 2.95. The fourth-order valence-electron chi connectivity index (χ4n) is 2.61. The Bertz CT molecular complexity index is 622. The normalized spacial score (nSPS) is 17.8. The van der Waals surface area contributed by atoms with Crippen LogP contribution in [0.2, 0.25) is 0 Å². The number of rotatable bonds is 4. The van der Waals surface area contributed by atoms with Gasteiger partial charge in [-0.15, -0.1) is 0 Å². The Morgan fingerprint density at radius 2 is 2.29 bits per heavy atom. The van der Waals surface area contributed by atoms with Crippen molar-refractivity contribution in [2.24, 2.45) is 5.73 Å². The molecule has 0 saturated heterocycles. The van der Waals surface area contributed by atoms with Gasteiger partial charge in [0.05, 0.1) is 0 Å². The Morgan fingerprint density at radius 3 is 3.05 bits per heavy atom. The van der Waals surface area contributed by atoms with Gasteiger partial charge in [-0.25, -0.2) is 0 Å². The van der Waals surface area contributed by atoms with Crippen molar-refractivity contribution in [3.05, 3.63) is 41.0 Å². The first-order chi connectivity index (χ1) is 10.1. The van der Waals surface area contributed by atoms with Gasteiger partial charge in [-0.3, -0.25) is 0 Å². The molecule has 0 amide bonds. The monoisotopic (exact) mass is 287 g/mol. The molecular formula is C16H21N3O2. The highest BCUT2D eigenvalue weighted by molar-refractivity contribution is 5.39. The third kappa shape index (κ3) is 3.08. The van der Waals surface area contributed by atoms with Crippen LogP contribution in [0.25, 0.3) is 0 Å². The third-order valence-electron chi connectivity index (χ3n) is 3.82. The highest BCUT2D eigenvalue weighted by atomic mass is 16.5. The Hall–Kier alpha value is -1.88. The number of fused-ring (bicyclic) bond motifs is 1. The van der Waals surface area contributed by atoms with Gasteiger partial charge in [0.2, 0.25) is 11.7 Å². The van der Waals surface area contributed by atoms with E-state index in [-0.39, 0.29) is 12.0 Å². The molecule has 2 aromatic rings. The van der Waals surface area contributed by atoms with Crippen LogP contribution in [-0.2, 0) is 13.0 Å². The van der Waals surface area contributed by atoms with E-state index in [1.165, 1.54) is 11.1 Å². The van der Waals surface area contributed by atoms with E-state index in [1.54, 1.807) is 0 Å². The average molecular weight is 287 g/mol. The van der Waals surface area contributed by atoms with E-state index >= 15 is 0 Å². The van der Waals surface area contributed by atoms with Gasteiger partial charge in [0.15, 0.2) is 6.61 Å². The molecule has 0 fully saturated rings. The predicted molar refractivity (Wildman–Crippen MR) is 79.0 cm³/mol. The molecule has 112 valence electrons. The van der Waals surface area contributed by atoms with Crippen LogP contribution in [0.1, 0.15) is 61.5 Å². The summed E-state index contributed by atoms with van der Waals surface area (Å²) in [6.45, 7) is 4.34. The van der Waals surface area contributed by atoms with E-state index in [4.69, 9.17) is 15.0 Å². The summed E-state index contributed by atoms with van der Waals surface area (Å²) in [5.41, 5.74) is 8.70. The highest BCUT2D eigenvalue weighted by Crippen LogP contribution is 2.31. The zero-order valence-electron chi connectivity index (χ0n) is 12.5. The molecule has 5 nitrogen and oxygen atoms in total. The Balaban J connectivity index is 1.69. The second-order valence-electron chi connectivity index (χ2n) is 5.85. The van der Waals surface area contributed by atoms with Crippen molar-refractivity contribution in [1.82, 2.24) is 10.1 Å². The number of aryl methyl sites for hydroxylation is 1. The molecule has 0 saturated carbocycles. The Morgan fingerprint density at radius 1 is 1.43 bits per heavy atom. The third-order valence-corrected chi connectivity index (χ3v) is 3.82. The van der Waals surface area contributed by atoms with Gasteiger partial charge in [-0.2, -0.15) is 4.98 Å². The summed E-state index contributed by atoms with van der Waals surface area (Å²) in [7, 11) is 0. The highest BCUT2D eigenvalue weighted by Gasteiger charge is 2.17. The minimum Gasteiger partial charge on any atom is -0.485 e. The first-order valence-corrected chi connectivity index (χ1v) is 7.47. The van der Waals surface area contributed by atoms with E-state index in [0.29, 0.717) is 18.3 Å². The maximum Gasteiger partial charge on any atom is 0.229 e. The second kappa shape index (κ2) is 5.85. The van der Waals surface area contributed by atoms with Gasteiger partial charge in [-0.05, 0) is 42.5 Å². The molecule has 2 N–H and O–H groups in total. The SMILES string of the molecule is CC(C)c1nc(COc2ccc3c(c2)[C@@H](N)CCC3)no1. The second-order valence-corrected chi connectivity index (χ2v) is 5.85. The lowest BCUT2D eigenvalue weighted by Gasteiger charge is -2.22. The molecule has 21 heavy (non-hydrogen) atoms. The molecule has 0 aliphatic heterocycles. The summed E-state index contributed by atoms with van der Waals surface area (Å²) in [6.07, 6.45) is 3.31. The zero-order chi connectivity index (χ0) is 14.8. The number of ether oxygens (including phenoxy) is 1. The maximum atomic E-state index is 6.16. The molecule has 1 atom stereocenters. The molecule has 1 aliphatic carbocycles. The van der Waals surface area contributed by atoms with Crippen molar-refractivity contribution in [2.45, 2.75) is 51.7 Å². The molecule has 0 unspecified atom stereocenters. The van der Waals surface area contributed by atoms with Crippen molar-refractivity contribution in [3.63, 3.8) is 0 Å². The van der Waals surface area contributed by atoms with Crippen LogP contribution in [0.3, 0.4) is 0 Å². The molecule has 0 radical (unpaired) electrons. The standard InChI is InChI=1S/C16H21N3O2/c1-10(2)16-18-15(19-21-16)9-20-12-7-6-11-4-3-5-14(17)13(11)8-12/h6-8,10,14H,3-5,9,17H2,1-2H3/t14-/m0/s1. The quantitative estimate of drug-likeness (QED) is 0.935. The van der Waals surface area contributed by atoms with Crippen molar-refractivity contribution >= 4 is 0 Å². The van der Waals surface area contributed by atoms with Crippen LogP contribution >= 0.6 is 0 Å². The number of aromatic nitrogens is 2. The number of hydrogen-bond donors (Lipinski definition) is 1. The summed E-state index contributed by atoms with van der Waals surface area (Å²) in [4.78, 5) is 4.30. The number of hydrogen-bond acceptors (Lipinski definition) is 5. The first kappa shape index (κ1) is 14.1. The molecule has 5 heteroatoms. The van der Waals surface area contributed by atoms with E-state index in [9.17, 15) is 0 Å². The van der Waals surface area contributed by atoms with Gasteiger partial charge in [0.25, 0.3) is 0 Å². The van der Waals surface area contributed by atoms with Crippen LogP contribution in [-0.4, -0.2) is 10.1 Å². The molecule has 0 bridgehead atoms. The summed E-state index contributed by atoms with van der Waals surface area (Å²) < 4.78 is 10.9. The zero-order valence-corrected chi connectivity index (χ0v) is 12.5. The lowest BCUT2D eigenvalue weighted by Crippen LogP contribution is -2.17. The van der Waals surface area contributed by atoms with Crippen molar-refractivity contribution in [2.75, 3.05) is 0 Å². The van der Waals surface area contributed by atoms with Gasteiger partial charge in [0, 0.05) is 12.0 Å². The van der Waals surface area contributed by atoms with E-state index in [1.807, 2.05) is 26.0 Å². The number of nitrogens with two attached hydrogens (primary N) is 1. The molecule has 1 aromatic heterocycles. The largest absolute Gasteiger partial charge is 0.485 e. The number of nitrogens with zero attached hydrogens (tertiary/aromatic N) is 2. The smallest absolute Gasteiger partial charge is 0.229 e. The maximum absolute atomic E-state index is 6.16. The summed E-state index contributed by atoms with van der Waals surface area (Å²) in [6, 6.07) is 6.26. The lowest BCUT2D eigenvalue weighted by molar-refractivity contribution is 0.283. The fourth-order valence-corrected chi connectivity index (χ4v) is 2.61. The van der Waals surface area contributed by atoms with E-state index in [0.717, 1.165) is 25.0 Å². The Labute approximate surface area is 124 Å².